The molecule has 0 aliphatic heterocycles. The molecule has 16 heavy (non-hydrogen) atoms. The van der Waals surface area contributed by atoms with Gasteiger partial charge in [-0.3, -0.25) is 9.59 Å². The number of carbonyl (C=O) groups is 2. The quantitative estimate of drug-likeness (QED) is 0.350. The highest BCUT2D eigenvalue weighted by molar-refractivity contribution is 6.35. The minimum atomic E-state index is -0.781. The van der Waals surface area contributed by atoms with Crippen molar-refractivity contribution in [3.63, 3.8) is 0 Å². The van der Waals surface area contributed by atoms with Gasteiger partial charge in [-0.2, -0.15) is 5.26 Å². The topological polar surface area (TPSA) is 91.2 Å². The van der Waals surface area contributed by atoms with Crippen molar-refractivity contribution in [2.45, 2.75) is 19.8 Å². The predicted molar refractivity (Wildman–Crippen MR) is 57.4 cm³/mol. The Morgan fingerprint density at radius 1 is 1.25 bits per heavy atom. The van der Waals surface area contributed by atoms with Crippen molar-refractivity contribution in [2.24, 2.45) is 0 Å². The van der Waals surface area contributed by atoms with Crippen LogP contribution in [-0.4, -0.2) is 38.1 Å². The van der Waals surface area contributed by atoms with Gasteiger partial charge in [-0.15, -0.1) is 0 Å². The van der Waals surface area contributed by atoms with E-state index in [-0.39, 0.29) is 6.54 Å². The second-order valence-electron chi connectivity index (χ2n) is 3.06. The van der Waals surface area contributed by atoms with Crippen LogP contribution in [0.5, 0.6) is 0 Å². The third kappa shape index (κ3) is 7.76. The SMILES string of the molecule is CCCOCCCNC(=O)C(=O)NCC#N. The summed E-state index contributed by atoms with van der Waals surface area (Å²) in [6, 6.07) is 1.71. The van der Waals surface area contributed by atoms with Gasteiger partial charge < -0.3 is 15.4 Å². The second-order valence-corrected chi connectivity index (χ2v) is 3.06. The van der Waals surface area contributed by atoms with Gasteiger partial charge in [0.05, 0.1) is 6.07 Å². The molecular weight excluding hydrogens is 210 g/mol. The molecule has 0 aromatic carbocycles. The van der Waals surface area contributed by atoms with Crippen LogP contribution in [0.1, 0.15) is 19.8 Å². The predicted octanol–water partition coefficient (Wildman–Crippen LogP) is -0.441. The second kappa shape index (κ2) is 9.93. The Labute approximate surface area is 95.0 Å². The average molecular weight is 227 g/mol. The molecular formula is C10H17N3O3. The molecule has 0 saturated heterocycles. The van der Waals surface area contributed by atoms with Gasteiger partial charge in [-0.25, -0.2) is 0 Å². The van der Waals surface area contributed by atoms with Gasteiger partial charge in [0, 0.05) is 19.8 Å². The van der Waals surface area contributed by atoms with Crippen molar-refractivity contribution in [1.29, 1.82) is 5.26 Å². The molecule has 0 rings (SSSR count). The minimum Gasteiger partial charge on any atom is -0.381 e. The average Bonchev–Trinajstić information content (AvgIpc) is 2.30. The summed E-state index contributed by atoms with van der Waals surface area (Å²) in [5.41, 5.74) is 0. The summed E-state index contributed by atoms with van der Waals surface area (Å²) in [7, 11) is 0. The molecule has 90 valence electrons. The van der Waals surface area contributed by atoms with E-state index in [1.165, 1.54) is 0 Å². The lowest BCUT2D eigenvalue weighted by Gasteiger charge is -2.04. The first-order chi connectivity index (χ1) is 7.72. The molecule has 0 aromatic rings. The van der Waals surface area contributed by atoms with Gasteiger partial charge in [0.15, 0.2) is 0 Å². The highest BCUT2D eigenvalue weighted by Gasteiger charge is 2.10. The zero-order chi connectivity index (χ0) is 12.2. The van der Waals surface area contributed by atoms with Crippen LogP contribution in [0.15, 0.2) is 0 Å². The Bertz CT molecular complexity index is 261. The molecule has 6 heteroatoms. The number of rotatable bonds is 7. The molecule has 0 radical (unpaired) electrons. The molecule has 2 amide bonds. The first-order valence-corrected chi connectivity index (χ1v) is 5.23. The van der Waals surface area contributed by atoms with E-state index in [1.807, 2.05) is 6.92 Å². The zero-order valence-electron chi connectivity index (χ0n) is 9.41. The summed E-state index contributed by atoms with van der Waals surface area (Å²) >= 11 is 0. The summed E-state index contributed by atoms with van der Waals surface area (Å²) in [4.78, 5) is 22.0. The molecule has 0 bridgehead atoms. The van der Waals surface area contributed by atoms with E-state index in [2.05, 4.69) is 10.6 Å². The maximum absolute atomic E-state index is 11.1. The van der Waals surface area contributed by atoms with Crippen molar-refractivity contribution < 1.29 is 14.3 Å². The van der Waals surface area contributed by atoms with E-state index in [1.54, 1.807) is 6.07 Å². The van der Waals surface area contributed by atoms with E-state index < -0.39 is 11.8 Å². The number of carbonyl (C=O) groups excluding carboxylic acids is 2. The summed E-state index contributed by atoms with van der Waals surface area (Å²) < 4.78 is 5.20. The highest BCUT2D eigenvalue weighted by Crippen LogP contribution is 1.83. The lowest BCUT2D eigenvalue weighted by molar-refractivity contribution is -0.139. The Morgan fingerprint density at radius 2 is 1.94 bits per heavy atom. The fourth-order valence-electron chi connectivity index (χ4n) is 0.903. The Hall–Kier alpha value is -1.61. The van der Waals surface area contributed by atoms with E-state index in [0.29, 0.717) is 26.2 Å². The van der Waals surface area contributed by atoms with Crippen LogP contribution in [0.3, 0.4) is 0 Å². The molecule has 0 spiro atoms. The molecule has 0 saturated carbocycles. The van der Waals surface area contributed by atoms with Gasteiger partial charge >= 0.3 is 11.8 Å². The van der Waals surface area contributed by atoms with Crippen molar-refractivity contribution in [1.82, 2.24) is 10.6 Å². The van der Waals surface area contributed by atoms with Gasteiger partial charge in [-0.1, -0.05) is 6.92 Å². The number of hydrogen-bond acceptors (Lipinski definition) is 4. The van der Waals surface area contributed by atoms with Crippen LogP contribution in [0.25, 0.3) is 0 Å². The Kier molecular flexibility index (Phi) is 8.93. The molecule has 0 unspecified atom stereocenters. The summed E-state index contributed by atoms with van der Waals surface area (Å²) in [5.74, 6) is -1.50. The monoisotopic (exact) mass is 227 g/mol. The number of nitriles is 1. The number of ether oxygens (including phenoxy) is 1. The van der Waals surface area contributed by atoms with E-state index in [0.717, 1.165) is 6.42 Å². The zero-order valence-corrected chi connectivity index (χ0v) is 9.41. The normalized spacial score (nSPS) is 9.25. The first kappa shape index (κ1) is 14.4. The van der Waals surface area contributed by atoms with Gasteiger partial charge in [-0.05, 0) is 12.8 Å². The number of nitrogens with zero attached hydrogens (tertiary/aromatic N) is 1. The van der Waals surface area contributed by atoms with Crippen LogP contribution >= 0.6 is 0 Å². The standard InChI is InChI=1S/C10H17N3O3/c1-2-7-16-8-3-5-12-9(14)10(15)13-6-4-11/h2-3,5-8H2,1H3,(H,12,14)(H,13,15). The van der Waals surface area contributed by atoms with Crippen LogP contribution < -0.4 is 10.6 Å². The summed E-state index contributed by atoms with van der Waals surface area (Å²) in [6.07, 6.45) is 1.63. The number of amides is 2. The van der Waals surface area contributed by atoms with Crippen LogP contribution in [0.4, 0.5) is 0 Å². The van der Waals surface area contributed by atoms with Gasteiger partial charge in [0.1, 0.15) is 6.54 Å². The maximum Gasteiger partial charge on any atom is 0.310 e. The van der Waals surface area contributed by atoms with Crippen LogP contribution in [0.2, 0.25) is 0 Å². The third-order valence-corrected chi connectivity index (χ3v) is 1.63. The molecule has 0 aromatic heterocycles. The lowest BCUT2D eigenvalue weighted by atomic mass is 10.4. The molecule has 0 fully saturated rings. The van der Waals surface area contributed by atoms with Crippen molar-refractivity contribution in [3.8, 4) is 6.07 Å². The van der Waals surface area contributed by atoms with E-state index in [9.17, 15) is 9.59 Å². The number of hydrogen-bond donors (Lipinski definition) is 2. The molecule has 0 atom stereocenters. The fourth-order valence-corrected chi connectivity index (χ4v) is 0.903. The lowest BCUT2D eigenvalue weighted by Crippen LogP contribution is -2.40. The Morgan fingerprint density at radius 3 is 2.56 bits per heavy atom. The molecule has 0 aliphatic rings. The van der Waals surface area contributed by atoms with Gasteiger partial charge in [0.25, 0.3) is 0 Å². The fraction of sp³-hybridized carbons (Fsp3) is 0.700. The van der Waals surface area contributed by atoms with E-state index >= 15 is 0 Å². The van der Waals surface area contributed by atoms with Crippen molar-refractivity contribution in [2.75, 3.05) is 26.3 Å². The largest absolute Gasteiger partial charge is 0.381 e. The van der Waals surface area contributed by atoms with Crippen LogP contribution in [0, 0.1) is 11.3 Å². The Balaban J connectivity index is 3.43. The molecule has 0 aliphatic carbocycles. The van der Waals surface area contributed by atoms with E-state index in [4.69, 9.17) is 10.00 Å². The van der Waals surface area contributed by atoms with Crippen LogP contribution in [-0.2, 0) is 14.3 Å². The summed E-state index contributed by atoms with van der Waals surface area (Å²) in [5, 5.41) is 12.8. The van der Waals surface area contributed by atoms with Crippen molar-refractivity contribution >= 4 is 11.8 Å². The highest BCUT2D eigenvalue weighted by atomic mass is 16.5. The third-order valence-electron chi connectivity index (χ3n) is 1.63. The smallest absolute Gasteiger partial charge is 0.310 e. The summed E-state index contributed by atoms with van der Waals surface area (Å²) in [6.45, 7) is 3.51. The first-order valence-electron chi connectivity index (χ1n) is 5.23. The van der Waals surface area contributed by atoms with Gasteiger partial charge in [0.2, 0.25) is 0 Å². The maximum atomic E-state index is 11.1. The molecule has 6 nitrogen and oxygen atoms in total. The minimum absolute atomic E-state index is 0.161. The molecule has 2 N–H and O–H groups in total. The van der Waals surface area contributed by atoms with Crippen molar-refractivity contribution in [3.05, 3.63) is 0 Å². The number of nitrogens with one attached hydrogen (secondary N) is 2. The molecule has 0 heterocycles.